The van der Waals surface area contributed by atoms with Crippen molar-refractivity contribution in [2.24, 2.45) is 0 Å². The molecular formula is C22H27NO5. The second-order valence-corrected chi connectivity index (χ2v) is 6.61. The van der Waals surface area contributed by atoms with E-state index < -0.39 is 18.5 Å². The smallest absolute Gasteiger partial charge is 0.344 e. The molecule has 0 aliphatic carbocycles. The van der Waals surface area contributed by atoms with Gasteiger partial charge in [-0.15, -0.1) is 0 Å². The molecule has 6 nitrogen and oxygen atoms in total. The number of carbonyl (C=O) groups is 2. The fourth-order valence-corrected chi connectivity index (χ4v) is 2.49. The molecule has 0 aliphatic rings. The highest BCUT2D eigenvalue weighted by molar-refractivity contribution is 5.94. The maximum atomic E-state index is 12.0. The second kappa shape index (κ2) is 10.3. The number of anilines is 1. The molecule has 0 atom stereocenters. The molecule has 0 fully saturated rings. The van der Waals surface area contributed by atoms with Gasteiger partial charge in [0.2, 0.25) is 0 Å². The van der Waals surface area contributed by atoms with Gasteiger partial charge in [0.15, 0.2) is 13.2 Å². The van der Waals surface area contributed by atoms with Crippen molar-refractivity contribution in [3.63, 3.8) is 0 Å². The lowest BCUT2D eigenvalue weighted by Gasteiger charge is -2.13. The zero-order chi connectivity index (χ0) is 20.5. The Kier molecular flexibility index (Phi) is 7.87. The van der Waals surface area contributed by atoms with E-state index in [2.05, 4.69) is 19.2 Å². The number of para-hydroxylation sites is 2. The largest absolute Gasteiger partial charge is 0.492 e. The van der Waals surface area contributed by atoms with Gasteiger partial charge in [0.25, 0.3) is 5.91 Å². The molecule has 0 aromatic heterocycles. The third kappa shape index (κ3) is 6.30. The molecule has 0 aliphatic heterocycles. The molecule has 0 saturated heterocycles. The number of hydrogen-bond donors (Lipinski definition) is 1. The Morgan fingerprint density at radius 2 is 1.75 bits per heavy atom. The van der Waals surface area contributed by atoms with Gasteiger partial charge in [-0.1, -0.05) is 38.1 Å². The summed E-state index contributed by atoms with van der Waals surface area (Å²) < 4.78 is 16.0. The zero-order valence-electron chi connectivity index (χ0n) is 16.8. The molecule has 0 spiro atoms. The molecule has 0 unspecified atom stereocenters. The molecule has 1 N–H and O–H groups in total. The number of esters is 1. The lowest BCUT2D eigenvalue weighted by molar-refractivity contribution is -0.149. The first-order valence-electron chi connectivity index (χ1n) is 9.31. The van der Waals surface area contributed by atoms with Gasteiger partial charge in [-0.05, 0) is 49.1 Å². The Labute approximate surface area is 165 Å². The van der Waals surface area contributed by atoms with Crippen molar-refractivity contribution in [1.82, 2.24) is 0 Å². The molecule has 0 saturated carbocycles. The Balaban J connectivity index is 1.83. The third-order valence-electron chi connectivity index (χ3n) is 4.05. The fourth-order valence-electron chi connectivity index (χ4n) is 2.49. The van der Waals surface area contributed by atoms with E-state index in [1.807, 2.05) is 38.1 Å². The summed E-state index contributed by atoms with van der Waals surface area (Å²) in [5.41, 5.74) is 2.59. The van der Waals surface area contributed by atoms with Crippen LogP contribution in [0.15, 0.2) is 42.5 Å². The van der Waals surface area contributed by atoms with Crippen molar-refractivity contribution >= 4 is 17.6 Å². The molecule has 2 aromatic rings. The van der Waals surface area contributed by atoms with Crippen LogP contribution in [0.3, 0.4) is 0 Å². The SMILES string of the molecule is CCOc1ccccc1NC(=O)COC(=O)COc1cc(C(C)C)ccc1C. The summed E-state index contributed by atoms with van der Waals surface area (Å²) in [4.78, 5) is 24.0. The monoisotopic (exact) mass is 385 g/mol. The highest BCUT2D eigenvalue weighted by Gasteiger charge is 2.12. The molecule has 0 heterocycles. The summed E-state index contributed by atoms with van der Waals surface area (Å²) in [5, 5.41) is 2.67. The molecule has 2 aromatic carbocycles. The summed E-state index contributed by atoms with van der Waals surface area (Å²) in [5.74, 6) is 0.506. The number of carbonyl (C=O) groups excluding carboxylic acids is 2. The minimum absolute atomic E-state index is 0.259. The van der Waals surface area contributed by atoms with Crippen molar-refractivity contribution in [2.75, 3.05) is 25.1 Å². The predicted molar refractivity (Wildman–Crippen MR) is 108 cm³/mol. The maximum absolute atomic E-state index is 12.0. The van der Waals surface area contributed by atoms with Crippen LogP contribution in [0.25, 0.3) is 0 Å². The quantitative estimate of drug-likeness (QED) is 0.659. The Bertz CT molecular complexity index is 816. The van der Waals surface area contributed by atoms with Crippen molar-refractivity contribution < 1.29 is 23.8 Å². The van der Waals surface area contributed by atoms with E-state index in [0.29, 0.717) is 29.7 Å². The van der Waals surface area contributed by atoms with Crippen LogP contribution < -0.4 is 14.8 Å². The molecule has 2 rings (SSSR count). The number of aryl methyl sites for hydroxylation is 1. The fraction of sp³-hybridized carbons (Fsp3) is 0.364. The van der Waals surface area contributed by atoms with Gasteiger partial charge in [0.05, 0.1) is 12.3 Å². The Morgan fingerprint density at radius 1 is 1.00 bits per heavy atom. The van der Waals surface area contributed by atoms with Gasteiger partial charge in [-0.3, -0.25) is 4.79 Å². The summed E-state index contributed by atoms with van der Waals surface area (Å²) in [6, 6.07) is 13.0. The number of amides is 1. The maximum Gasteiger partial charge on any atom is 0.344 e. The topological polar surface area (TPSA) is 73.9 Å². The number of hydrogen-bond acceptors (Lipinski definition) is 5. The van der Waals surface area contributed by atoms with E-state index in [9.17, 15) is 9.59 Å². The lowest BCUT2D eigenvalue weighted by atomic mass is 10.0. The first-order valence-corrected chi connectivity index (χ1v) is 9.31. The van der Waals surface area contributed by atoms with Crippen LogP contribution in [-0.2, 0) is 14.3 Å². The second-order valence-electron chi connectivity index (χ2n) is 6.61. The molecule has 28 heavy (non-hydrogen) atoms. The van der Waals surface area contributed by atoms with Crippen LogP contribution in [0, 0.1) is 6.92 Å². The predicted octanol–water partition coefficient (Wildman–Crippen LogP) is 4.08. The zero-order valence-corrected chi connectivity index (χ0v) is 16.8. The summed E-state index contributed by atoms with van der Waals surface area (Å²) >= 11 is 0. The van der Waals surface area contributed by atoms with Gasteiger partial charge in [-0.2, -0.15) is 0 Å². The summed E-state index contributed by atoms with van der Waals surface area (Å²) in [6.07, 6.45) is 0. The highest BCUT2D eigenvalue weighted by Crippen LogP contribution is 2.25. The normalized spacial score (nSPS) is 10.5. The average Bonchev–Trinajstić information content (AvgIpc) is 2.67. The van der Waals surface area contributed by atoms with Crippen LogP contribution in [0.5, 0.6) is 11.5 Å². The van der Waals surface area contributed by atoms with E-state index in [1.54, 1.807) is 18.2 Å². The molecular weight excluding hydrogens is 358 g/mol. The molecule has 0 bridgehead atoms. The molecule has 150 valence electrons. The van der Waals surface area contributed by atoms with Crippen LogP contribution in [0.4, 0.5) is 5.69 Å². The Morgan fingerprint density at radius 3 is 2.46 bits per heavy atom. The number of ether oxygens (including phenoxy) is 3. The first kappa shape index (κ1) is 21.3. The van der Waals surface area contributed by atoms with E-state index in [-0.39, 0.29) is 6.61 Å². The molecule has 1 amide bonds. The van der Waals surface area contributed by atoms with Crippen molar-refractivity contribution in [3.05, 3.63) is 53.6 Å². The van der Waals surface area contributed by atoms with Gasteiger partial charge in [0.1, 0.15) is 11.5 Å². The average molecular weight is 385 g/mol. The van der Waals surface area contributed by atoms with Crippen LogP contribution in [-0.4, -0.2) is 31.7 Å². The van der Waals surface area contributed by atoms with Crippen molar-refractivity contribution in [2.45, 2.75) is 33.6 Å². The van der Waals surface area contributed by atoms with Crippen molar-refractivity contribution in [1.29, 1.82) is 0 Å². The van der Waals surface area contributed by atoms with Gasteiger partial charge in [-0.25, -0.2) is 4.79 Å². The highest BCUT2D eigenvalue weighted by atomic mass is 16.6. The molecule has 6 heteroatoms. The summed E-state index contributed by atoms with van der Waals surface area (Å²) in [6.45, 7) is 7.78. The van der Waals surface area contributed by atoms with E-state index in [1.165, 1.54) is 0 Å². The third-order valence-corrected chi connectivity index (χ3v) is 4.05. The number of benzene rings is 2. The molecule has 0 radical (unpaired) electrons. The number of nitrogens with one attached hydrogen (secondary N) is 1. The van der Waals surface area contributed by atoms with Crippen LogP contribution >= 0.6 is 0 Å². The lowest BCUT2D eigenvalue weighted by Crippen LogP contribution is -2.24. The van der Waals surface area contributed by atoms with E-state index in [0.717, 1.165) is 11.1 Å². The number of rotatable bonds is 9. The van der Waals surface area contributed by atoms with Gasteiger partial charge >= 0.3 is 5.97 Å². The Hall–Kier alpha value is -3.02. The van der Waals surface area contributed by atoms with Crippen LogP contribution in [0.2, 0.25) is 0 Å². The minimum Gasteiger partial charge on any atom is -0.492 e. The summed E-state index contributed by atoms with van der Waals surface area (Å²) in [7, 11) is 0. The minimum atomic E-state index is -0.609. The van der Waals surface area contributed by atoms with Gasteiger partial charge in [0, 0.05) is 0 Å². The standard InChI is InChI=1S/C22H27NO5/c1-5-26-19-9-7-6-8-18(19)23-21(24)13-28-22(25)14-27-20-12-17(15(2)3)11-10-16(20)4/h6-12,15H,5,13-14H2,1-4H3,(H,23,24). The first-order chi connectivity index (χ1) is 13.4. The van der Waals surface area contributed by atoms with Gasteiger partial charge < -0.3 is 19.5 Å². The van der Waals surface area contributed by atoms with E-state index in [4.69, 9.17) is 14.2 Å². The van der Waals surface area contributed by atoms with E-state index >= 15 is 0 Å². The van der Waals surface area contributed by atoms with Crippen LogP contribution in [0.1, 0.15) is 37.8 Å². The van der Waals surface area contributed by atoms with Crippen molar-refractivity contribution in [3.8, 4) is 11.5 Å².